The minimum atomic E-state index is 0.444. The van der Waals surface area contributed by atoms with Gasteiger partial charge in [0.05, 0.1) is 11.2 Å². The SMILES string of the molecule is CCc1cccc(OCc2ccc(-c3ccc(OCc4ccc5ccccc5n4)cc3)cc2)c1. The van der Waals surface area contributed by atoms with Crippen molar-refractivity contribution in [1.29, 1.82) is 0 Å². The van der Waals surface area contributed by atoms with Gasteiger partial charge in [-0.3, -0.25) is 0 Å². The third kappa shape index (κ3) is 5.26. The van der Waals surface area contributed by atoms with Crippen LogP contribution in [0.25, 0.3) is 22.0 Å². The van der Waals surface area contributed by atoms with Gasteiger partial charge in [0.2, 0.25) is 0 Å². The molecule has 0 aliphatic rings. The van der Waals surface area contributed by atoms with Crippen molar-refractivity contribution in [3.05, 3.63) is 126 Å². The summed E-state index contributed by atoms with van der Waals surface area (Å²) in [6.45, 7) is 3.15. The highest BCUT2D eigenvalue weighted by molar-refractivity contribution is 5.78. The molecule has 0 N–H and O–H groups in total. The Morgan fingerprint density at radius 1 is 0.588 bits per heavy atom. The molecule has 0 saturated carbocycles. The molecule has 5 rings (SSSR count). The lowest BCUT2D eigenvalue weighted by Crippen LogP contribution is -1.98. The van der Waals surface area contributed by atoms with Crippen LogP contribution >= 0.6 is 0 Å². The number of hydrogen-bond acceptors (Lipinski definition) is 3. The first-order valence-corrected chi connectivity index (χ1v) is 11.7. The molecule has 0 saturated heterocycles. The molecule has 0 radical (unpaired) electrons. The first kappa shape index (κ1) is 21.7. The molecular formula is C31H27NO2. The number of ether oxygens (including phenoxy) is 2. The number of pyridine rings is 1. The Kier molecular flexibility index (Phi) is 6.53. The normalized spacial score (nSPS) is 10.9. The molecule has 1 aromatic heterocycles. The van der Waals surface area contributed by atoms with E-state index in [-0.39, 0.29) is 0 Å². The third-order valence-corrected chi connectivity index (χ3v) is 5.90. The van der Waals surface area contributed by atoms with Gasteiger partial charge in [-0.1, -0.05) is 79.7 Å². The van der Waals surface area contributed by atoms with Crippen LogP contribution in [0, 0.1) is 0 Å². The molecule has 168 valence electrons. The summed E-state index contributed by atoms with van der Waals surface area (Å²) in [6, 6.07) is 37.2. The Morgan fingerprint density at radius 2 is 1.32 bits per heavy atom. The number of rotatable bonds is 8. The third-order valence-electron chi connectivity index (χ3n) is 5.90. The van der Waals surface area contributed by atoms with Gasteiger partial charge in [-0.15, -0.1) is 0 Å². The molecule has 0 spiro atoms. The van der Waals surface area contributed by atoms with Gasteiger partial charge in [-0.2, -0.15) is 0 Å². The topological polar surface area (TPSA) is 31.4 Å². The van der Waals surface area contributed by atoms with Crippen molar-refractivity contribution in [3.63, 3.8) is 0 Å². The van der Waals surface area contributed by atoms with Crippen LogP contribution in [0.5, 0.6) is 11.5 Å². The maximum absolute atomic E-state index is 5.96. The lowest BCUT2D eigenvalue weighted by atomic mass is 10.0. The summed E-state index contributed by atoms with van der Waals surface area (Å²) in [7, 11) is 0. The van der Waals surface area contributed by atoms with E-state index >= 15 is 0 Å². The van der Waals surface area contributed by atoms with Gasteiger partial charge < -0.3 is 9.47 Å². The van der Waals surface area contributed by atoms with Crippen molar-refractivity contribution < 1.29 is 9.47 Å². The summed E-state index contributed by atoms with van der Waals surface area (Å²) in [5.41, 5.74) is 6.66. The van der Waals surface area contributed by atoms with E-state index in [9.17, 15) is 0 Å². The Balaban J connectivity index is 1.18. The van der Waals surface area contributed by atoms with E-state index < -0.39 is 0 Å². The minimum absolute atomic E-state index is 0.444. The highest BCUT2D eigenvalue weighted by Gasteiger charge is 2.03. The van der Waals surface area contributed by atoms with Crippen LogP contribution < -0.4 is 9.47 Å². The first-order chi connectivity index (χ1) is 16.8. The summed E-state index contributed by atoms with van der Waals surface area (Å²) >= 11 is 0. The Hall–Kier alpha value is -4.11. The van der Waals surface area contributed by atoms with Gasteiger partial charge >= 0.3 is 0 Å². The zero-order valence-corrected chi connectivity index (χ0v) is 19.3. The maximum Gasteiger partial charge on any atom is 0.130 e. The van der Waals surface area contributed by atoms with Crippen LogP contribution in [-0.4, -0.2) is 4.98 Å². The quantitative estimate of drug-likeness (QED) is 0.246. The largest absolute Gasteiger partial charge is 0.489 e. The van der Waals surface area contributed by atoms with E-state index in [4.69, 9.17) is 9.47 Å². The minimum Gasteiger partial charge on any atom is -0.489 e. The summed E-state index contributed by atoms with van der Waals surface area (Å²) in [5, 5.41) is 1.14. The van der Waals surface area contributed by atoms with Gasteiger partial charge in [-0.05, 0) is 65.1 Å². The highest BCUT2D eigenvalue weighted by Crippen LogP contribution is 2.24. The molecule has 3 nitrogen and oxygen atoms in total. The second-order valence-corrected chi connectivity index (χ2v) is 8.29. The monoisotopic (exact) mass is 445 g/mol. The van der Waals surface area contributed by atoms with Crippen LogP contribution in [-0.2, 0) is 19.6 Å². The van der Waals surface area contributed by atoms with E-state index in [1.54, 1.807) is 0 Å². The summed E-state index contributed by atoms with van der Waals surface area (Å²) in [6.07, 6.45) is 1.01. The average Bonchev–Trinajstić information content (AvgIpc) is 2.91. The lowest BCUT2D eigenvalue weighted by molar-refractivity contribution is 0.302. The van der Waals surface area contributed by atoms with Gasteiger partial charge in [0, 0.05) is 5.39 Å². The second kappa shape index (κ2) is 10.2. The lowest BCUT2D eigenvalue weighted by Gasteiger charge is -2.10. The van der Waals surface area contributed by atoms with E-state index in [2.05, 4.69) is 72.6 Å². The van der Waals surface area contributed by atoms with Crippen molar-refractivity contribution in [2.24, 2.45) is 0 Å². The molecule has 0 fully saturated rings. The van der Waals surface area contributed by atoms with Crippen molar-refractivity contribution in [1.82, 2.24) is 4.98 Å². The van der Waals surface area contributed by atoms with Crippen molar-refractivity contribution in [2.75, 3.05) is 0 Å². The van der Waals surface area contributed by atoms with Crippen molar-refractivity contribution >= 4 is 10.9 Å². The Morgan fingerprint density at radius 3 is 2.12 bits per heavy atom. The number of aromatic nitrogens is 1. The average molecular weight is 446 g/mol. The molecular weight excluding hydrogens is 418 g/mol. The molecule has 0 unspecified atom stereocenters. The number of benzene rings is 4. The molecule has 34 heavy (non-hydrogen) atoms. The standard InChI is InChI=1S/C31H27NO2/c1-2-23-6-5-8-30(20-23)33-21-24-10-12-25(13-11-24)26-15-18-29(19-16-26)34-22-28-17-14-27-7-3-4-9-31(27)32-28/h3-20H,2,21-22H2,1H3. The molecule has 0 aliphatic heterocycles. The van der Waals surface area contributed by atoms with Crippen molar-refractivity contribution in [3.8, 4) is 22.6 Å². The number of hydrogen-bond donors (Lipinski definition) is 0. The molecule has 0 atom stereocenters. The van der Waals surface area contributed by atoms with Crippen LogP contribution in [0.15, 0.2) is 109 Å². The smallest absolute Gasteiger partial charge is 0.130 e. The molecule has 0 amide bonds. The molecule has 0 aliphatic carbocycles. The number of para-hydroxylation sites is 1. The predicted octanol–water partition coefficient (Wildman–Crippen LogP) is 7.62. The Bertz CT molecular complexity index is 1380. The van der Waals surface area contributed by atoms with Gasteiger partial charge in [-0.25, -0.2) is 4.98 Å². The second-order valence-electron chi connectivity index (χ2n) is 8.29. The molecule has 5 aromatic rings. The van der Waals surface area contributed by atoms with Gasteiger partial charge in [0.1, 0.15) is 24.7 Å². The molecule has 3 heteroatoms. The molecule has 1 heterocycles. The van der Waals surface area contributed by atoms with E-state index in [1.807, 2.05) is 48.5 Å². The van der Waals surface area contributed by atoms with Crippen LogP contribution in [0.4, 0.5) is 0 Å². The summed E-state index contributed by atoms with van der Waals surface area (Å²) < 4.78 is 11.9. The van der Waals surface area contributed by atoms with Crippen LogP contribution in [0.2, 0.25) is 0 Å². The number of nitrogens with zero attached hydrogens (tertiary/aromatic N) is 1. The molecule has 0 bridgehead atoms. The highest BCUT2D eigenvalue weighted by atomic mass is 16.5. The fourth-order valence-electron chi connectivity index (χ4n) is 3.90. The zero-order valence-electron chi connectivity index (χ0n) is 19.3. The predicted molar refractivity (Wildman–Crippen MR) is 138 cm³/mol. The Labute approximate surface area is 200 Å². The van der Waals surface area contributed by atoms with E-state index in [1.165, 1.54) is 11.1 Å². The van der Waals surface area contributed by atoms with Gasteiger partial charge in [0.15, 0.2) is 0 Å². The number of aryl methyl sites for hydroxylation is 1. The van der Waals surface area contributed by atoms with Crippen LogP contribution in [0.3, 0.4) is 0 Å². The fraction of sp³-hybridized carbons (Fsp3) is 0.129. The van der Waals surface area contributed by atoms with Gasteiger partial charge in [0.25, 0.3) is 0 Å². The van der Waals surface area contributed by atoms with Crippen molar-refractivity contribution in [2.45, 2.75) is 26.6 Å². The maximum atomic E-state index is 5.96. The van der Waals surface area contributed by atoms with Crippen LogP contribution in [0.1, 0.15) is 23.7 Å². The zero-order chi connectivity index (χ0) is 23.2. The van der Waals surface area contributed by atoms with E-state index in [0.717, 1.165) is 45.6 Å². The number of fused-ring (bicyclic) bond motifs is 1. The summed E-state index contributed by atoms with van der Waals surface area (Å²) in [4.78, 5) is 4.67. The fourth-order valence-corrected chi connectivity index (χ4v) is 3.90. The summed E-state index contributed by atoms with van der Waals surface area (Å²) in [5.74, 6) is 1.75. The molecule has 4 aromatic carbocycles. The first-order valence-electron chi connectivity index (χ1n) is 11.7. The van der Waals surface area contributed by atoms with E-state index in [0.29, 0.717) is 13.2 Å².